The zero-order chi connectivity index (χ0) is 13.1. The fourth-order valence-corrected chi connectivity index (χ4v) is 1.36. The molecule has 0 aliphatic rings. The van der Waals surface area contributed by atoms with Crippen molar-refractivity contribution >= 4 is 0 Å². The molecule has 0 atom stereocenters. The van der Waals surface area contributed by atoms with Gasteiger partial charge < -0.3 is 9.84 Å². The Morgan fingerprint density at radius 3 is 2.41 bits per heavy atom. The van der Waals surface area contributed by atoms with Crippen molar-refractivity contribution in [2.75, 3.05) is 6.61 Å². The van der Waals surface area contributed by atoms with E-state index in [-0.39, 0.29) is 12.0 Å². The minimum Gasteiger partial charge on any atom is -0.477 e. The van der Waals surface area contributed by atoms with Gasteiger partial charge in [-0.05, 0) is 17.5 Å². The molecule has 0 radical (unpaired) electrons. The molecule has 1 rings (SSSR count). The summed E-state index contributed by atoms with van der Waals surface area (Å²) in [7, 11) is 0. The van der Waals surface area contributed by atoms with Crippen LogP contribution in [0.4, 0.5) is 0 Å². The van der Waals surface area contributed by atoms with Crippen LogP contribution in [0.1, 0.15) is 45.9 Å². The molecule has 1 heterocycles. The number of aliphatic hydroxyl groups excluding tert-OH is 1. The lowest BCUT2D eigenvalue weighted by molar-refractivity contribution is 0.255. The minimum absolute atomic E-state index is 0.0175. The smallest absolute Gasteiger partial charge is 0.213 e. The molecule has 0 unspecified atom stereocenters. The molecule has 0 fully saturated rings. The highest BCUT2D eigenvalue weighted by molar-refractivity contribution is 5.28. The Labute approximate surface area is 104 Å². The topological polar surface area (TPSA) is 42.4 Å². The van der Waals surface area contributed by atoms with Crippen LogP contribution in [0.25, 0.3) is 0 Å². The van der Waals surface area contributed by atoms with Crippen molar-refractivity contribution in [3.63, 3.8) is 0 Å². The fraction of sp³-hybridized carbons (Fsp3) is 0.643. The van der Waals surface area contributed by atoms with E-state index < -0.39 is 0 Å². The summed E-state index contributed by atoms with van der Waals surface area (Å²) in [6, 6.07) is 3.74. The summed E-state index contributed by atoms with van der Waals surface area (Å²) in [4.78, 5) is 4.49. The standard InChI is InChI=1S/C14H23NO2/c1-10(2)9-17-13-7-11(8-16)6-12(15-13)14(3,4)5/h6-7,10,16H,8-9H2,1-5H3. The highest BCUT2D eigenvalue weighted by Crippen LogP contribution is 2.24. The molecule has 0 aliphatic carbocycles. The average Bonchev–Trinajstić information content (AvgIpc) is 2.24. The van der Waals surface area contributed by atoms with Gasteiger partial charge in [0.1, 0.15) is 0 Å². The van der Waals surface area contributed by atoms with E-state index >= 15 is 0 Å². The van der Waals surface area contributed by atoms with Crippen LogP contribution in [0, 0.1) is 5.92 Å². The summed E-state index contributed by atoms with van der Waals surface area (Å²) >= 11 is 0. The van der Waals surface area contributed by atoms with E-state index in [4.69, 9.17) is 4.74 Å². The maximum Gasteiger partial charge on any atom is 0.213 e. The van der Waals surface area contributed by atoms with Crippen molar-refractivity contribution in [2.24, 2.45) is 5.92 Å². The SMILES string of the molecule is CC(C)COc1cc(CO)cc(C(C)(C)C)n1. The third kappa shape index (κ3) is 4.35. The zero-order valence-electron chi connectivity index (χ0n) is 11.4. The summed E-state index contributed by atoms with van der Waals surface area (Å²) in [6.45, 7) is 11.2. The van der Waals surface area contributed by atoms with Crippen molar-refractivity contribution in [3.8, 4) is 5.88 Å². The van der Waals surface area contributed by atoms with Gasteiger partial charge in [-0.15, -0.1) is 0 Å². The number of aliphatic hydroxyl groups is 1. The summed E-state index contributed by atoms with van der Waals surface area (Å²) in [6.07, 6.45) is 0. The van der Waals surface area contributed by atoms with Gasteiger partial charge in [-0.25, -0.2) is 4.98 Å². The molecule has 0 bridgehead atoms. The molecule has 0 aromatic carbocycles. The van der Waals surface area contributed by atoms with Gasteiger partial charge in [0.2, 0.25) is 5.88 Å². The van der Waals surface area contributed by atoms with Crippen LogP contribution >= 0.6 is 0 Å². The lowest BCUT2D eigenvalue weighted by atomic mass is 9.91. The van der Waals surface area contributed by atoms with Gasteiger partial charge in [0.15, 0.2) is 0 Å². The maximum atomic E-state index is 9.25. The summed E-state index contributed by atoms with van der Waals surface area (Å²) < 4.78 is 5.62. The van der Waals surface area contributed by atoms with Crippen molar-refractivity contribution < 1.29 is 9.84 Å². The number of aromatic nitrogens is 1. The van der Waals surface area contributed by atoms with Crippen LogP contribution < -0.4 is 4.74 Å². The molecule has 0 aliphatic heterocycles. The highest BCUT2D eigenvalue weighted by atomic mass is 16.5. The van der Waals surface area contributed by atoms with Crippen molar-refractivity contribution in [1.82, 2.24) is 4.98 Å². The summed E-state index contributed by atoms with van der Waals surface area (Å²) in [5, 5.41) is 9.25. The van der Waals surface area contributed by atoms with Crippen molar-refractivity contribution in [1.29, 1.82) is 0 Å². The third-order valence-electron chi connectivity index (χ3n) is 2.38. The molecule has 0 amide bonds. The zero-order valence-corrected chi connectivity index (χ0v) is 11.4. The molecule has 3 nitrogen and oxygen atoms in total. The van der Waals surface area contributed by atoms with E-state index in [1.54, 1.807) is 6.07 Å². The predicted octanol–water partition coefficient (Wildman–Crippen LogP) is 2.91. The van der Waals surface area contributed by atoms with Gasteiger partial charge in [0.05, 0.1) is 18.9 Å². The third-order valence-corrected chi connectivity index (χ3v) is 2.38. The Bertz CT molecular complexity index is 367. The number of pyridine rings is 1. The first-order valence-corrected chi connectivity index (χ1v) is 6.08. The molecule has 0 saturated carbocycles. The summed E-state index contributed by atoms with van der Waals surface area (Å²) in [5.41, 5.74) is 1.76. The van der Waals surface area contributed by atoms with E-state index in [0.29, 0.717) is 18.4 Å². The van der Waals surface area contributed by atoms with E-state index in [0.717, 1.165) is 11.3 Å². The lowest BCUT2D eigenvalue weighted by Crippen LogP contribution is -2.15. The van der Waals surface area contributed by atoms with Gasteiger partial charge in [-0.2, -0.15) is 0 Å². The number of rotatable bonds is 4. The fourth-order valence-electron chi connectivity index (χ4n) is 1.36. The number of hydrogen-bond acceptors (Lipinski definition) is 3. The van der Waals surface area contributed by atoms with Crippen LogP contribution in [0.15, 0.2) is 12.1 Å². The molecule has 1 aromatic rings. The molecule has 0 spiro atoms. The van der Waals surface area contributed by atoms with Gasteiger partial charge in [-0.1, -0.05) is 34.6 Å². The summed E-state index contributed by atoms with van der Waals surface area (Å²) in [5.74, 6) is 1.07. The van der Waals surface area contributed by atoms with E-state index in [1.165, 1.54) is 0 Å². The largest absolute Gasteiger partial charge is 0.477 e. The van der Waals surface area contributed by atoms with Gasteiger partial charge in [-0.3, -0.25) is 0 Å². The van der Waals surface area contributed by atoms with E-state index in [9.17, 15) is 5.11 Å². The lowest BCUT2D eigenvalue weighted by Gasteiger charge is -2.20. The predicted molar refractivity (Wildman–Crippen MR) is 69.2 cm³/mol. The Hall–Kier alpha value is -1.09. The Kier molecular flexibility index (Phi) is 4.52. The monoisotopic (exact) mass is 237 g/mol. The van der Waals surface area contributed by atoms with E-state index in [1.807, 2.05) is 6.07 Å². The molecule has 1 N–H and O–H groups in total. The Morgan fingerprint density at radius 2 is 1.94 bits per heavy atom. The Balaban J connectivity index is 2.97. The van der Waals surface area contributed by atoms with Gasteiger partial charge >= 0.3 is 0 Å². The normalized spacial score (nSPS) is 11.9. The highest BCUT2D eigenvalue weighted by Gasteiger charge is 2.17. The molecular weight excluding hydrogens is 214 g/mol. The molecule has 3 heteroatoms. The van der Waals surface area contributed by atoms with Crippen molar-refractivity contribution in [3.05, 3.63) is 23.4 Å². The van der Waals surface area contributed by atoms with Crippen LogP contribution in [0.5, 0.6) is 5.88 Å². The minimum atomic E-state index is -0.0406. The molecule has 96 valence electrons. The van der Waals surface area contributed by atoms with Gasteiger partial charge in [0, 0.05) is 11.5 Å². The molecule has 17 heavy (non-hydrogen) atoms. The quantitative estimate of drug-likeness (QED) is 0.875. The van der Waals surface area contributed by atoms with Gasteiger partial charge in [0.25, 0.3) is 0 Å². The van der Waals surface area contributed by atoms with Crippen LogP contribution in [0.3, 0.4) is 0 Å². The van der Waals surface area contributed by atoms with Crippen molar-refractivity contribution in [2.45, 2.75) is 46.6 Å². The second-order valence-electron chi connectivity index (χ2n) is 5.81. The average molecular weight is 237 g/mol. The maximum absolute atomic E-state index is 9.25. The second-order valence-corrected chi connectivity index (χ2v) is 5.81. The Morgan fingerprint density at radius 1 is 1.29 bits per heavy atom. The van der Waals surface area contributed by atoms with Crippen LogP contribution in [-0.2, 0) is 12.0 Å². The molecule has 1 aromatic heterocycles. The van der Waals surface area contributed by atoms with Crippen LogP contribution in [0.2, 0.25) is 0 Å². The molecular formula is C14H23NO2. The first-order valence-electron chi connectivity index (χ1n) is 6.08. The van der Waals surface area contributed by atoms with E-state index in [2.05, 4.69) is 39.6 Å². The number of ether oxygens (including phenoxy) is 1. The second kappa shape index (κ2) is 5.50. The first kappa shape index (κ1) is 14.0. The number of nitrogens with zero attached hydrogens (tertiary/aromatic N) is 1. The van der Waals surface area contributed by atoms with Crippen LogP contribution in [-0.4, -0.2) is 16.7 Å². The first-order chi connectivity index (χ1) is 7.82. The number of hydrogen-bond donors (Lipinski definition) is 1. The molecule has 0 saturated heterocycles.